The highest BCUT2D eigenvalue weighted by molar-refractivity contribution is 9.10. The lowest BCUT2D eigenvalue weighted by Crippen LogP contribution is -2.44. The normalized spacial score (nSPS) is 14.9. The number of aliphatic hydroxyl groups is 1. The molecule has 1 aromatic rings. The number of nitrogens with one attached hydrogen (secondary N) is 1. The molecule has 0 saturated carbocycles. The number of aryl methyl sites for hydroxylation is 1. The van der Waals surface area contributed by atoms with Gasteiger partial charge < -0.3 is 10.4 Å². The predicted molar refractivity (Wildman–Crippen MR) is 68.8 cm³/mol. The second kappa shape index (κ2) is 5.50. The number of alkyl halides is 3. The van der Waals surface area contributed by atoms with Crippen molar-refractivity contribution in [2.75, 3.05) is 5.32 Å². The lowest BCUT2D eigenvalue weighted by atomic mass is 10.0. The van der Waals surface area contributed by atoms with Crippen LogP contribution in [0.2, 0.25) is 0 Å². The van der Waals surface area contributed by atoms with E-state index in [1.807, 2.05) is 0 Å². The fourth-order valence-corrected chi connectivity index (χ4v) is 1.59. The lowest BCUT2D eigenvalue weighted by molar-refractivity contribution is -0.252. The van der Waals surface area contributed by atoms with Crippen molar-refractivity contribution in [1.82, 2.24) is 0 Å². The zero-order valence-corrected chi connectivity index (χ0v) is 11.9. The van der Waals surface area contributed by atoms with E-state index in [2.05, 4.69) is 21.2 Å². The Morgan fingerprint density at radius 3 is 2.47 bits per heavy atom. The van der Waals surface area contributed by atoms with Crippen molar-refractivity contribution in [3.63, 3.8) is 0 Å². The van der Waals surface area contributed by atoms with Crippen molar-refractivity contribution in [3.05, 3.63) is 28.2 Å². The van der Waals surface area contributed by atoms with E-state index < -0.39 is 24.1 Å². The van der Waals surface area contributed by atoms with Gasteiger partial charge in [-0.2, -0.15) is 13.2 Å². The van der Waals surface area contributed by atoms with E-state index >= 15 is 0 Å². The van der Waals surface area contributed by atoms with Crippen LogP contribution in [0.3, 0.4) is 0 Å². The number of amides is 1. The Bertz CT molecular complexity index is 486. The van der Waals surface area contributed by atoms with Gasteiger partial charge in [0.05, 0.1) is 6.42 Å². The van der Waals surface area contributed by atoms with Gasteiger partial charge in [0.25, 0.3) is 0 Å². The van der Waals surface area contributed by atoms with E-state index in [0.29, 0.717) is 12.6 Å². The first-order valence-corrected chi connectivity index (χ1v) is 6.17. The second-order valence-corrected chi connectivity index (χ2v) is 5.31. The molecular formula is C12H13BrF3NO2. The highest BCUT2D eigenvalue weighted by Gasteiger charge is 2.50. The van der Waals surface area contributed by atoms with E-state index in [1.54, 1.807) is 25.1 Å². The average molecular weight is 340 g/mol. The van der Waals surface area contributed by atoms with Crippen LogP contribution in [-0.2, 0) is 4.79 Å². The zero-order valence-electron chi connectivity index (χ0n) is 10.3. The fraction of sp³-hybridized carbons (Fsp3) is 0.417. The summed E-state index contributed by atoms with van der Waals surface area (Å²) in [5.74, 6) is -0.899. The number of rotatable bonds is 3. The molecule has 0 aliphatic rings. The number of hydrogen-bond acceptors (Lipinski definition) is 2. The highest BCUT2D eigenvalue weighted by Crippen LogP contribution is 2.32. The van der Waals surface area contributed by atoms with Crippen LogP contribution in [-0.4, -0.2) is 22.8 Å². The summed E-state index contributed by atoms with van der Waals surface area (Å²) in [6.45, 7) is 2.35. The van der Waals surface area contributed by atoms with Gasteiger partial charge >= 0.3 is 6.18 Å². The van der Waals surface area contributed by atoms with E-state index in [1.165, 1.54) is 0 Å². The van der Waals surface area contributed by atoms with Crippen LogP contribution < -0.4 is 5.32 Å². The Balaban J connectivity index is 2.73. The van der Waals surface area contributed by atoms with E-state index in [0.717, 1.165) is 10.0 Å². The smallest absolute Gasteiger partial charge is 0.380 e. The lowest BCUT2D eigenvalue weighted by Gasteiger charge is -2.25. The number of hydrogen-bond donors (Lipinski definition) is 2. The summed E-state index contributed by atoms with van der Waals surface area (Å²) in [6, 6.07) is 4.84. The van der Waals surface area contributed by atoms with Crippen LogP contribution in [0, 0.1) is 6.92 Å². The second-order valence-electron chi connectivity index (χ2n) is 4.46. The molecule has 106 valence electrons. The van der Waals surface area contributed by atoms with Gasteiger partial charge in [-0.15, -0.1) is 0 Å². The molecule has 1 aromatic carbocycles. The molecule has 0 heterocycles. The predicted octanol–water partition coefficient (Wildman–Crippen LogP) is 3.40. The molecule has 0 aliphatic heterocycles. The summed E-state index contributed by atoms with van der Waals surface area (Å²) >= 11 is 3.27. The molecule has 0 unspecified atom stereocenters. The quantitative estimate of drug-likeness (QED) is 0.886. The summed E-state index contributed by atoms with van der Waals surface area (Å²) in [6.07, 6.45) is -5.90. The highest BCUT2D eigenvalue weighted by atomic mass is 79.9. The number of halogens is 4. The Morgan fingerprint density at radius 1 is 1.42 bits per heavy atom. The number of carbonyl (C=O) groups is 1. The van der Waals surface area contributed by atoms with Crippen molar-refractivity contribution >= 4 is 27.5 Å². The summed E-state index contributed by atoms with van der Waals surface area (Å²) in [7, 11) is 0. The first-order valence-electron chi connectivity index (χ1n) is 5.38. The maximum atomic E-state index is 12.4. The maximum absolute atomic E-state index is 12.4. The number of anilines is 1. The number of benzene rings is 1. The zero-order chi connectivity index (χ0) is 14.8. The molecule has 1 atom stereocenters. The van der Waals surface area contributed by atoms with Crippen LogP contribution in [0.1, 0.15) is 18.9 Å². The third-order valence-electron chi connectivity index (χ3n) is 2.56. The third kappa shape index (κ3) is 4.21. The van der Waals surface area contributed by atoms with Crippen molar-refractivity contribution in [2.24, 2.45) is 0 Å². The molecule has 19 heavy (non-hydrogen) atoms. The van der Waals surface area contributed by atoms with Gasteiger partial charge in [0.1, 0.15) is 0 Å². The molecule has 1 amide bonds. The molecule has 7 heteroatoms. The molecular weight excluding hydrogens is 327 g/mol. The fourth-order valence-electron chi connectivity index (χ4n) is 1.34. The van der Waals surface area contributed by atoms with Gasteiger partial charge in [0.15, 0.2) is 5.60 Å². The van der Waals surface area contributed by atoms with E-state index in [-0.39, 0.29) is 0 Å². The van der Waals surface area contributed by atoms with Crippen molar-refractivity contribution in [3.8, 4) is 0 Å². The monoisotopic (exact) mass is 339 g/mol. The minimum Gasteiger partial charge on any atom is -0.380 e. The molecule has 0 fully saturated rings. The van der Waals surface area contributed by atoms with Crippen LogP contribution in [0.5, 0.6) is 0 Å². The molecule has 0 saturated heterocycles. The number of carbonyl (C=O) groups excluding carboxylic acids is 1. The van der Waals surface area contributed by atoms with Gasteiger partial charge in [-0.1, -0.05) is 15.9 Å². The Morgan fingerprint density at radius 2 is 2.00 bits per heavy atom. The molecule has 0 spiro atoms. The van der Waals surface area contributed by atoms with Crippen molar-refractivity contribution in [2.45, 2.75) is 32.0 Å². The van der Waals surface area contributed by atoms with Crippen molar-refractivity contribution in [1.29, 1.82) is 0 Å². The van der Waals surface area contributed by atoms with Gasteiger partial charge in [-0.25, -0.2) is 0 Å². The summed E-state index contributed by atoms with van der Waals surface area (Å²) in [4.78, 5) is 11.5. The maximum Gasteiger partial charge on any atom is 0.417 e. The summed E-state index contributed by atoms with van der Waals surface area (Å²) < 4.78 is 38.1. The molecule has 0 aliphatic carbocycles. The summed E-state index contributed by atoms with van der Waals surface area (Å²) in [5.41, 5.74) is -1.83. The molecule has 0 bridgehead atoms. The first-order chi connectivity index (χ1) is 8.53. The molecule has 1 rings (SSSR count). The van der Waals surface area contributed by atoms with Gasteiger partial charge in [-0.05, 0) is 37.6 Å². The van der Waals surface area contributed by atoms with Gasteiger partial charge in [0, 0.05) is 10.2 Å². The Kier molecular flexibility index (Phi) is 4.63. The summed E-state index contributed by atoms with van der Waals surface area (Å²) in [5, 5.41) is 11.5. The topological polar surface area (TPSA) is 49.3 Å². The van der Waals surface area contributed by atoms with Gasteiger partial charge in [0.2, 0.25) is 5.91 Å². The van der Waals surface area contributed by atoms with Crippen LogP contribution in [0.25, 0.3) is 0 Å². The third-order valence-corrected chi connectivity index (χ3v) is 3.45. The van der Waals surface area contributed by atoms with Crippen LogP contribution in [0.15, 0.2) is 22.7 Å². The molecule has 0 aromatic heterocycles. The largest absolute Gasteiger partial charge is 0.417 e. The van der Waals surface area contributed by atoms with Crippen molar-refractivity contribution < 1.29 is 23.1 Å². The van der Waals surface area contributed by atoms with E-state index in [9.17, 15) is 23.1 Å². The van der Waals surface area contributed by atoms with Crippen LogP contribution in [0.4, 0.5) is 18.9 Å². The molecule has 0 radical (unpaired) electrons. The molecule has 2 N–H and O–H groups in total. The first kappa shape index (κ1) is 16.0. The van der Waals surface area contributed by atoms with Crippen LogP contribution >= 0.6 is 15.9 Å². The van der Waals surface area contributed by atoms with Gasteiger partial charge in [-0.3, -0.25) is 4.79 Å². The average Bonchev–Trinajstić information content (AvgIpc) is 2.21. The standard InChI is InChI=1S/C12H13BrF3NO2/c1-7-5-8(3-4-9(7)13)17-10(18)6-11(2,19)12(14,15)16/h3-5,19H,6H2,1-2H3,(H,17,18)/t11-/m0/s1. The minimum atomic E-state index is -4.85. The minimum absolute atomic E-state index is 0.378. The molecule has 3 nitrogen and oxygen atoms in total. The van der Waals surface area contributed by atoms with E-state index in [4.69, 9.17) is 0 Å². The SMILES string of the molecule is Cc1cc(NC(=O)C[C@](C)(O)C(F)(F)F)ccc1Br. The Hall–Kier alpha value is -1.08. The Labute approximate surface area is 116 Å².